The predicted octanol–water partition coefficient (Wildman–Crippen LogP) is 2.90. The Balaban J connectivity index is 1.52. The Labute approximate surface area is 194 Å². The summed E-state index contributed by atoms with van der Waals surface area (Å²) in [4.78, 5) is 19.9. The largest absolute Gasteiger partial charge is 0.497 e. The molecule has 1 atom stereocenters. The van der Waals surface area contributed by atoms with Crippen LogP contribution in [0, 0.1) is 0 Å². The molecular formula is C24H30N4O3S. The average molecular weight is 455 g/mol. The Hall–Kier alpha value is -3.00. The van der Waals surface area contributed by atoms with Crippen molar-refractivity contribution in [2.45, 2.75) is 5.50 Å². The van der Waals surface area contributed by atoms with E-state index in [4.69, 9.17) is 9.47 Å². The SMILES string of the molecule is COc1cc(OC)cc(N2CCN(C(=O)C3=C(c4ccccc4)NC(SC)N3C)CC2)c1. The first kappa shape index (κ1) is 22.2. The number of hydrogen-bond donors (Lipinski definition) is 1. The Morgan fingerprint density at radius 1 is 1.00 bits per heavy atom. The van der Waals surface area contributed by atoms with Crippen LogP contribution in [0.2, 0.25) is 0 Å². The number of piperazine rings is 1. The summed E-state index contributed by atoms with van der Waals surface area (Å²) < 4.78 is 10.8. The molecule has 1 saturated heterocycles. The molecule has 0 spiro atoms. The number of anilines is 1. The first-order chi connectivity index (χ1) is 15.5. The molecule has 0 radical (unpaired) electrons. The van der Waals surface area contributed by atoms with Crippen LogP contribution in [0.3, 0.4) is 0 Å². The Morgan fingerprint density at radius 2 is 1.62 bits per heavy atom. The maximum Gasteiger partial charge on any atom is 0.272 e. The Kier molecular flexibility index (Phi) is 6.69. The van der Waals surface area contributed by atoms with Crippen LogP contribution in [-0.2, 0) is 4.79 Å². The molecule has 32 heavy (non-hydrogen) atoms. The van der Waals surface area contributed by atoms with Crippen molar-refractivity contribution >= 4 is 29.1 Å². The molecule has 1 amide bonds. The molecule has 0 aliphatic carbocycles. The molecule has 7 nitrogen and oxygen atoms in total. The minimum absolute atomic E-state index is 0.0368. The number of thioether (sulfide) groups is 1. The van der Waals surface area contributed by atoms with E-state index in [0.717, 1.165) is 47.2 Å². The number of nitrogens with zero attached hydrogens (tertiary/aromatic N) is 3. The molecule has 1 unspecified atom stereocenters. The molecule has 0 aromatic heterocycles. The second kappa shape index (κ2) is 9.65. The first-order valence-electron chi connectivity index (χ1n) is 10.6. The summed E-state index contributed by atoms with van der Waals surface area (Å²) in [5.74, 6) is 1.59. The number of nitrogens with one attached hydrogen (secondary N) is 1. The van der Waals surface area contributed by atoms with Crippen LogP contribution in [0.15, 0.2) is 54.2 Å². The maximum absolute atomic E-state index is 13.6. The number of methoxy groups -OCH3 is 2. The summed E-state index contributed by atoms with van der Waals surface area (Å²) in [6.45, 7) is 2.81. The van der Waals surface area contributed by atoms with Gasteiger partial charge in [-0.1, -0.05) is 30.3 Å². The lowest BCUT2D eigenvalue weighted by molar-refractivity contribution is -0.128. The minimum atomic E-state index is 0.0368. The van der Waals surface area contributed by atoms with Gasteiger partial charge in [-0.15, -0.1) is 11.8 Å². The van der Waals surface area contributed by atoms with E-state index in [9.17, 15) is 4.79 Å². The lowest BCUT2D eigenvalue weighted by Gasteiger charge is -2.37. The quantitative estimate of drug-likeness (QED) is 0.720. The smallest absolute Gasteiger partial charge is 0.272 e. The van der Waals surface area contributed by atoms with Gasteiger partial charge in [0, 0.05) is 62.7 Å². The highest BCUT2D eigenvalue weighted by Gasteiger charge is 2.36. The normalized spacial score (nSPS) is 18.6. The molecular weight excluding hydrogens is 424 g/mol. The van der Waals surface area contributed by atoms with E-state index < -0.39 is 0 Å². The Morgan fingerprint density at radius 3 is 2.19 bits per heavy atom. The first-order valence-corrected chi connectivity index (χ1v) is 11.9. The maximum atomic E-state index is 13.6. The number of hydrogen-bond acceptors (Lipinski definition) is 7. The summed E-state index contributed by atoms with van der Waals surface area (Å²) in [7, 11) is 5.29. The Bertz CT molecular complexity index is 968. The molecule has 2 aromatic rings. The van der Waals surface area contributed by atoms with E-state index >= 15 is 0 Å². The van der Waals surface area contributed by atoms with Crippen LogP contribution >= 0.6 is 11.8 Å². The monoisotopic (exact) mass is 454 g/mol. The van der Waals surface area contributed by atoms with Crippen LogP contribution < -0.4 is 19.7 Å². The van der Waals surface area contributed by atoms with Crippen molar-refractivity contribution in [3.8, 4) is 11.5 Å². The van der Waals surface area contributed by atoms with Crippen molar-refractivity contribution in [1.82, 2.24) is 15.1 Å². The van der Waals surface area contributed by atoms with E-state index in [1.54, 1.807) is 26.0 Å². The van der Waals surface area contributed by atoms with Gasteiger partial charge < -0.3 is 29.5 Å². The zero-order valence-corrected chi connectivity index (χ0v) is 19.8. The molecule has 1 fully saturated rings. The fourth-order valence-electron chi connectivity index (χ4n) is 4.17. The highest BCUT2D eigenvalue weighted by molar-refractivity contribution is 7.99. The van der Waals surface area contributed by atoms with Crippen molar-refractivity contribution in [3.05, 3.63) is 59.8 Å². The minimum Gasteiger partial charge on any atom is -0.497 e. The fraction of sp³-hybridized carbons (Fsp3) is 0.375. The van der Waals surface area contributed by atoms with Gasteiger partial charge in [-0.25, -0.2) is 0 Å². The second-order valence-electron chi connectivity index (χ2n) is 7.78. The van der Waals surface area contributed by atoms with Gasteiger partial charge in [0.25, 0.3) is 5.91 Å². The van der Waals surface area contributed by atoms with E-state index in [1.807, 2.05) is 66.7 Å². The van der Waals surface area contributed by atoms with Crippen LogP contribution in [0.4, 0.5) is 5.69 Å². The van der Waals surface area contributed by atoms with Gasteiger partial charge in [-0.2, -0.15) is 0 Å². The van der Waals surface area contributed by atoms with Gasteiger partial charge in [0.05, 0.1) is 19.9 Å². The lowest BCUT2D eigenvalue weighted by atomic mass is 10.1. The van der Waals surface area contributed by atoms with Gasteiger partial charge in [0.2, 0.25) is 0 Å². The zero-order chi connectivity index (χ0) is 22.7. The van der Waals surface area contributed by atoms with Crippen molar-refractivity contribution < 1.29 is 14.3 Å². The van der Waals surface area contributed by atoms with Gasteiger partial charge in [-0.05, 0) is 6.26 Å². The van der Waals surface area contributed by atoms with E-state index in [2.05, 4.69) is 15.1 Å². The molecule has 170 valence electrons. The summed E-state index contributed by atoms with van der Waals surface area (Å²) in [5.41, 5.74) is 3.74. The van der Waals surface area contributed by atoms with Gasteiger partial charge in [0.1, 0.15) is 22.7 Å². The summed E-state index contributed by atoms with van der Waals surface area (Å²) in [5, 5.41) is 3.52. The number of amides is 1. The molecule has 4 rings (SSSR count). The molecule has 8 heteroatoms. The third-order valence-corrected chi connectivity index (χ3v) is 6.85. The summed E-state index contributed by atoms with van der Waals surface area (Å²) in [6, 6.07) is 16.0. The fourth-order valence-corrected chi connectivity index (χ4v) is 4.83. The molecule has 2 aliphatic heterocycles. The van der Waals surface area contributed by atoms with E-state index in [-0.39, 0.29) is 11.4 Å². The molecule has 0 bridgehead atoms. The average Bonchev–Trinajstić information content (AvgIpc) is 3.19. The molecule has 0 saturated carbocycles. The van der Waals surface area contributed by atoms with Crippen LogP contribution in [-0.4, -0.2) is 74.9 Å². The van der Waals surface area contributed by atoms with Crippen molar-refractivity contribution in [2.24, 2.45) is 0 Å². The lowest BCUT2D eigenvalue weighted by Crippen LogP contribution is -2.50. The van der Waals surface area contributed by atoms with Gasteiger partial charge >= 0.3 is 0 Å². The van der Waals surface area contributed by atoms with Crippen LogP contribution in [0.5, 0.6) is 11.5 Å². The number of ether oxygens (including phenoxy) is 2. The van der Waals surface area contributed by atoms with Crippen LogP contribution in [0.25, 0.3) is 5.70 Å². The van der Waals surface area contributed by atoms with E-state index in [1.165, 1.54) is 0 Å². The van der Waals surface area contributed by atoms with Crippen molar-refractivity contribution in [2.75, 3.05) is 58.6 Å². The number of rotatable bonds is 6. The summed E-state index contributed by atoms with van der Waals surface area (Å²) in [6.07, 6.45) is 2.05. The third-order valence-electron chi connectivity index (χ3n) is 5.97. The van der Waals surface area contributed by atoms with Crippen molar-refractivity contribution in [1.29, 1.82) is 0 Å². The predicted molar refractivity (Wildman–Crippen MR) is 130 cm³/mol. The number of likely N-dealkylation sites (N-methyl/N-ethyl adjacent to an activating group) is 1. The number of carbonyl (C=O) groups excluding carboxylic acids is 1. The van der Waals surface area contributed by atoms with Gasteiger partial charge in [-0.3, -0.25) is 4.79 Å². The third kappa shape index (κ3) is 4.32. The molecule has 2 aliphatic rings. The highest BCUT2D eigenvalue weighted by atomic mass is 32.2. The number of carbonyl (C=O) groups is 1. The zero-order valence-electron chi connectivity index (χ0n) is 19.0. The molecule has 2 aromatic carbocycles. The highest BCUT2D eigenvalue weighted by Crippen LogP contribution is 2.32. The topological polar surface area (TPSA) is 57.3 Å². The van der Waals surface area contributed by atoms with Crippen LogP contribution in [0.1, 0.15) is 5.56 Å². The van der Waals surface area contributed by atoms with Crippen molar-refractivity contribution in [3.63, 3.8) is 0 Å². The molecule has 1 N–H and O–H groups in total. The second-order valence-corrected chi connectivity index (χ2v) is 8.70. The molecule has 2 heterocycles. The number of benzene rings is 2. The summed E-state index contributed by atoms with van der Waals surface area (Å²) >= 11 is 1.68. The standard InChI is InChI=1S/C24H30N4O3S/c1-26-22(21(25-24(26)32-4)17-8-6-5-7-9-17)23(29)28-12-10-27(11-13-28)18-14-19(30-2)16-20(15-18)31-3/h5-9,14-16,24-25H,10-13H2,1-4H3. The van der Waals surface area contributed by atoms with Gasteiger partial charge in [0.15, 0.2) is 0 Å². The van der Waals surface area contributed by atoms with E-state index in [0.29, 0.717) is 13.1 Å².